The molecule has 1 aliphatic rings. The Balaban J connectivity index is 1.98. The van der Waals surface area contributed by atoms with E-state index < -0.39 is 25.8 Å². The van der Waals surface area contributed by atoms with E-state index in [-0.39, 0.29) is 41.2 Å². The minimum atomic E-state index is -3.76. The van der Waals surface area contributed by atoms with Gasteiger partial charge in [0, 0.05) is 31.0 Å². The second kappa shape index (κ2) is 8.94. The maximum absolute atomic E-state index is 12.4. The van der Waals surface area contributed by atoms with Crippen LogP contribution in [-0.2, 0) is 24.6 Å². The smallest absolute Gasteiger partial charge is 0.251 e. The zero-order valence-corrected chi connectivity index (χ0v) is 16.2. The van der Waals surface area contributed by atoms with Gasteiger partial charge in [-0.25, -0.2) is 21.6 Å². The van der Waals surface area contributed by atoms with Gasteiger partial charge in [-0.15, -0.1) is 0 Å². The molecule has 2 N–H and O–H groups in total. The van der Waals surface area contributed by atoms with Crippen molar-refractivity contribution >= 4 is 25.8 Å². The number of carbonyl (C=O) groups is 1. The summed E-state index contributed by atoms with van der Waals surface area (Å²) in [6.45, 7) is 2.34. The number of carbonyl (C=O) groups excluding carboxylic acids is 1. The number of sulfonamides is 1. The lowest BCUT2D eigenvalue weighted by molar-refractivity contribution is 0.0956. The molecule has 0 aromatic heterocycles. The van der Waals surface area contributed by atoms with E-state index in [2.05, 4.69) is 10.0 Å². The van der Waals surface area contributed by atoms with Crippen molar-refractivity contribution < 1.29 is 26.4 Å². The van der Waals surface area contributed by atoms with Crippen molar-refractivity contribution in [3.8, 4) is 0 Å². The van der Waals surface area contributed by atoms with Gasteiger partial charge in [-0.05, 0) is 31.0 Å². The van der Waals surface area contributed by atoms with E-state index in [1.165, 1.54) is 31.2 Å². The normalized spacial score (nSPS) is 18.0. The average Bonchev–Trinajstić information content (AvgIpc) is 3.13. The highest BCUT2D eigenvalue weighted by molar-refractivity contribution is 7.91. The van der Waals surface area contributed by atoms with Gasteiger partial charge >= 0.3 is 0 Å². The first-order chi connectivity index (χ1) is 12.2. The molecule has 1 fully saturated rings. The molecule has 1 saturated heterocycles. The Morgan fingerprint density at radius 2 is 2.04 bits per heavy atom. The van der Waals surface area contributed by atoms with Crippen LogP contribution in [0.2, 0.25) is 0 Å². The van der Waals surface area contributed by atoms with Crippen molar-refractivity contribution in [2.24, 2.45) is 0 Å². The zero-order chi connectivity index (χ0) is 19.2. The average molecular weight is 405 g/mol. The van der Waals surface area contributed by atoms with E-state index in [1.807, 2.05) is 0 Å². The molecule has 1 aromatic rings. The molecule has 2 rings (SSSR count). The number of hydrogen-bond donors (Lipinski definition) is 2. The molecule has 146 valence electrons. The fraction of sp³-hybridized carbons (Fsp3) is 0.562. The number of amides is 1. The number of hydrogen-bond acceptors (Lipinski definition) is 6. The van der Waals surface area contributed by atoms with Crippen LogP contribution in [0.4, 0.5) is 0 Å². The molecular weight excluding hydrogens is 380 g/mol. The second-order valence-electron chi connectivity index (χ2n) is 6.01. The molecule has 0 radical (unpaired) electrons. The van der Waals surface area contributed by atoms with Crippen molar-refractivity contribution in [1.29, 1.82) is 0 Å². The van der Waals surface area contributed by atoms with Crippen molar-refractivity contribution in [3.63, 3.8) is 0 Å². The van der Waals surface area contributed by atoms with Gasteiger partial charge in [0.1, 0.15) is 0 Å². The van der Waals surface area contributed by atoms with E-state index in [0.29, 0.717) is 6.61 Å². The second-order valence-corrected chi connectivity index (χ2v) is 10.2. The first-order valence-electron chi connectivity index (χ1n) is 8.43. The highest BCUT2D eigenvalue weighted by Crippen LogP contribution is 2.14. The number of benzene rings is 1. The van der Waals surface area contributed by atoms with Crippen LogP contribution in [-0.4, -0.2) is 60.0 Å². The van der Waals surface area contributed by atoms with Crippen molar-refractivity contribution in [1.82, 2.24) is 10.0 Å². The first kappa shape index (κ1) is 20.8. The third kappa shape index (κ3) is 6.04. The minimum Gasteiger partial charge on any atom is -0.377 e. The van der Waals surface area contributed by atoms with E-state index >= 15 is 0 Å². The molecule has 10 heteroatoms. The molecule has 26 heavy (non-hydrogen) atoms. The van der Waals surface area contributed by atoms with Crippen LogP contribution in [0, 0.1) is 0 Å². The molecular formula is C16H24N2O6S2. The minimum absolute atomic E-state index is 0.00692. The van der Waals surface area contributed by atoms with Crippen LogP contribution in [0.5, 0.6) is 0 Å². The Bertz CT molecular complexity index is 830. The standard InChI is InChI=1S/C16H24N2O6S2/c1-2-25(20,21)10-8-17-16(19)13-5-3-7-15(11-13)26(22,23)18-12-14-6-4-9-24-14/h3,5,7,11,14,18H,2,4,6,8-10,12H2,1H3,(H,17,19). The Labute approximate surface area is 154 Å². The third-order valence-corrected chi connectivity index (χ3v) is 7.20. The molecule has 0 saturated carbocycles. The lowest BCUT2D eigenvalue weighted by atomic mass is 10.2. The summed E-state index contributed by atoms with van der Waals surface area (Å²) in [5, 5.41) is 2.49. The molecule has 1 atom stereocenters. The monoisotopic (exact) mass is 404 g/mol. The Morgan fingerprint density at radius 3 is 2.69 bits per heavy atom. The lowest BCUT2D eigenvalue weighted by Crippen LogP contribution is -2.32. The van der Waals surface area contributed by atoms with Crippen molar-refractivity contribution in [2.45, 2.75) is 30.8 Å². The van der Waals surface area contributed by atoms with Crippen molar-refractivity contribution in [3.05, 3.63) is 29.8 Å². The molecule has 8 nitrogen and oxygen atoms in total. The van der Waals surface area contributed by atoms with Gasteiger partial charge in [0.25, 0.3) is 5.91 Å². The molecule has 1 aromatic carbocycles. The molecule has 0 aliphatic carbocycles. The van der Waals surface area contributed by atoms with Crippen molar-refractivity contribution in [2.75, 3.05) is 31.2 Å². The van der Waals surface area contributed by atoms with Gasteiger partial charge in [0.15, 0.2) is 9.84 Å². The molecule has 1 aliphatic heterocycles. The fourth-order valence-corrected chi connectivity index (χ4v) is 4.28. The Morgan fingerprint density at radius 1 is 1.27 bits per heavy atom. The van der Waals surface area contributed by atoms with E-state index in [0.717, 1.165) is 12.8 Å². The number of nitrogens with one attached hydrogen (secondary N) is 2. The first-order valence-corrected chi connectivity index (χ1v) is 11.7. The number of ether oxygens (including phenoxy) is 1. The summed E-state index contributed by atoms with van der Waals surface area (Å²) in [4.78, 5) is 12.1. The Hall–Kier alpha value is -1.49. The predicted molar refractivity (Wildman–Crippen MR) is 97.3 cm³/mol. The van der Waals surface area contributed by atoms with Gasteiger partial charge in [-0.1, -0.05) is 13.0 Å². The van der Waals surface area contributed by atoms with Crippen LogP contribution in [0.3, 0.4) is 0 Å². The maximum atomic E-state index is 12.4. The molecule has 1 amide bonds. The topological polar surface area (TPSA) is 119 Å². The van der Waals surface area contributed by atoms with Crippen LogP contribution < -0.4 is 10.0 Å². The van der Waals surface area contributed by atoms with E-state index in [9.17, 15) is 21.6 Å². The lowest BCUT2D eigenvalue weighted by Gasteiger charge is -2.12. The highest BCUT2D eigenvalue weighted by Gasteiger charge is 2.21. The van der Waals surface area contributed by atoms with Crippen LogP contribution >= 0.6 is 0 Å². The van der Waals surface area contributed by atoms with Crippen LogP contribution in [0.1, 0.15) is 30.1 Å². The zero-order valence-electron chi connectivity index (χ0n) is 14.6. The summed E-state index contributed by atoms with van der Waals surface area (Å²) in [6.07, 6.45) is 1.60. The van der Waals surface area contributed by atoms with Crippen LogP contribution in [0.15, 0.2) is 29.2 Å². The number of sulfone groups is 1. The summed E-state index contributed by atoms with van der Waals surface area (Å²) in [5.74, 6) is -0.671. The summed E-state index contributed by atoms with van der Waals surface area (Å²) in [5.41, 5.74) is 0.152. The van der Waals surface area contributed by atoms with Gasteiger partial charge in [-0.2, -0.15) is 0 Å². The molecule has 0 bridgehead atoms. The summed E-state index contributed by atoms with van der Waals surface area (Å²) >= 11 is 0. The quantitative estimate of drug-likeness (QED) is 0.611. The molecule has 1 unspecified atom stereocenters. The molecule has 1 heterocycles. The summed E-state index contributed by atoms with van der Waals surface area (Å²) in [7, 11) is -6.93. The van der Waals surface area contributed by atoms with E-state index in [4.69, 9.17) is 4.74 Å². The van der Waals surface area contributed by atoms with Gasteiger partial charge in [0.2, 0.25) is 10.0 Å². The summed E-state index contributed by atoms with van der Waals surface area (Å²) < 4.78 is 55.5. The Kier molecular flexibility index (Phi) is 7.16. The van der Waals surface area contributed by atoms with E-state index in [1.54, 1.807) is 0 Å². The predicted octanol–water partition coefficient (Wildman–Crippen LogP) is 0.308. The highest BCUT2D eigenvalue weighted by atomic mass is 32.2. The number of rotatable bonds is 9. The van der Waals surface area contributed by atoms with Gasteiger partial charge < -0.3 is 10.1 Å². The fourth-order valence-electron chi connectivity index (χ4n) is 2.46. The SMILES string of the molecule is CCS(=O)(=O)CCNC(=O)c1cccc(S(=O)(=O)NCC2CCCO2)c1. The van der Waals surface area contributed by atoms with Gasteiger partial charge in [-0.3, -0.25) is 4.79 Å². The molecule has 0 spiro atoms. The third-order valence-electron chi connectivity index (χ3n) is 4.07. The maximum Gasteiger partial charge on any atom is 0.251 e. The van der Waals surface area contributed by atoms with Crippen LogP contribution in [0.25, 0.3) is 0 Å². The largest absolute Gasteiger partial charge is 0.377 e. The summed E-state index contributed by atoms with van der Waals surface area (Å²) in [6, 6.07) is 5.61. The van der Waals surface area contributed by atoms with Gasteiger partial charge in [0.05, 0.1) is 16.8 Å².